The van der Waals surface area contributed by atoms with Crippen LogP contribution in [0, 0.1) is 13.8 Å². The van der Waals surface area contributed by atoms with E-state index in [-0.39, 0.29) is 24.2 Å². The van der Waals surface area contributed by atoms with Gasteiger partial charge in [-0.15, -0.1) is 0 Å². The molecule has 0 fully saturated rings. The van der Waals surface area contributed by atoms with Crippen LogP contribution in [0.15, 0.2) is 36.4 Å². The molecule has 0 aliphatic heterocycles. The van der Waals surface area contributed by atoms with Gasteiger partial charge in [-0.3, -0.25) is 14.4 Å². The Balaban J connectivity index is 1.91. The second kappa shape index (κ2) is 9.69. The molecule has 0 radical (unpaired) electrons. The third-order valence-electron chi connectivity index (χ3n) is 4.32. The number of carbonyl (C=O) groups is 3. The number of hydrogen-bond donors (Lipinski definition) is 0. The number of ketones is 2. The molecule has 6 nitrogen and oxygen atoms in total. The van der Waals surface area contributed by atoms with Gasteiger partial charge >= 0.3 is 5.97 Å². The van der Waals surface area contributed by atoms with Gasteiger partial charge in [0.2, 0.25) is 5.78 Å². The predicted molar refractivity (Wildman–Crippen MR) is 104 cm³/mol. The Labute approximate surface area is 164 Å². The smallest absolute Gasteiger partial charge is 0.306 e. The first kappa shape index (κ1) is 21.2. The van der Waals surface area contributed by atoms with Crippen molar-refractivity contribution in [2.45, 2.75) is 26.7 Å². The topological polar surface area (TPSA) is 78.9 Å². The molecule has 0 aromatic heterocycles. The van der Waals surface area contributed by atoms with Crippen LogP contribution >= 0.6 is 0 Å². The van der Waals surface area contributed by atoms with Crippen molar-refractivity contribution in [1.82, 2.24) is 0 Å². The van der Waals surface area contributed by atoms with E-state index in [1.54, 1.807) is 12.1 Å². The third-order valence-corrected chi connectivity index (χ3v) is 4.32. The fraction of sp³-hybridized carbons (Fsp3) is 0.318. The normalized spacial score (nSPS) is 10.3. The quantitative estimate of drug-likeness (QED) is 0.484. The molecule has 2 aromatic carbocycles. The lowest BCUT2D eigenvalue weighted by Gasteiger charge is -2.10. The lowest BCUT2D eigenvalue weighted by molar-refractivity contribution is -0.142. The van der Waals surface area contributed by atoms with Gasteiger partial charge in [-0.1, -0.05) is 17.7 Å². The summed E-state index contributed by atoms with van der Waals surface area (Å²) in [6.45, 7) is 3.33. The second-order valence-corrected chi connectivity index (χ2v) is 6.39. The summed E-state index contributed by atoms with van der Waals surface area (Å²) in [5.41, 5.74) is 2.71. The van der Waals surface area contributed by atoms with Crippen LogP contribution < -0.4 is 9.47 Å². The first-order chi connectivity index (χ1) is 13.3. The van der Waals surface area contributed by atoms with Gasteiger partial charge in [-0.25, -0.2) is 0 Å². The Hall–Kier alpha value is -3.15. The highest BCUT2D eigenvalue weighted by Crippen LogP contribution is 2.24. The molecular formula is C22H24O6. The average molecular weight is 384 g/mol. The summed E-state index contributed by atoms with van der Waals surface area (Å²) in [6, 6.07) is 10.4. The molecule has 28 heavy (non-hydrogen) atoms. The molecule has 0 saturated carbocycles. The van der Waals surface area contributed by atoms with E-state index in [4.69, 9.17) is 14.2 Å². The van der Waals surface area contributed by atoms with Crippen molar-refractivity contribution >= 4 is 17.5 Å². The monoisotopic (exact) mass is 384 g/mol. The molecule has 0 aliphatic rings. The van der Waals surface area contributed by atoms with E-state index in [1.165, 1.54) is 20.3 Å². The van der Waals surface area contributed by atoms with Gasteiger partial charge in [0.05, 0.1) is 26.2 Å². The number of rotatable bonds is 9. The number of carbonyl (C=O) groups excluding carboxylic acids is 3. The number of methoxy groups -OCH3 is 2. The molecule has 0 N–H and O–H groups in total. The van der Waals surface area contributed by atoms with Crippen molar-refractivity contribution in [2.75, 3.05) is 20.8 Å². The molecule has 0 spiro atoms. The number of Topliss-reactive ketones (excluding diaryl/α,β-unsaturated/α-hetero) is 2. The molecule has 148 valence electrons. The van der Waals surface area contributed by atoms with Gasteiger partial charge in [0.25, 0.3) is 0 Å². The summed E-state index contributed by atoms with van der Waals surface area (Å²) >= 11 is 0. The van der Waals surface area contributed by atoms with Crippen molar-refractivity contribution in [1.29, 1.82) is 0 Å². The Kier molecular flexibility index (Phi) is 7.32. The molecule has 0 unspecified atom stereocenters. The number of benzene rings is 2. The summed E-state index contributed by atoms with van der Waals surface area (Å²) in [4.78, 5) is 36.7. The van der Waals surface area contributed by atoms with Crippen LogP contribution in [0.3, 0.4) is 0 Å². The zero-order chi connectivity index (χ0) is 20.7. The summed E-state index contributed by atoms with van der Waals surface area (Å²) in [7, 11) is 2.94. The predicted octanol–water partition coefficient (Wildman–Crippen LogP) is 3.71. The maximum atomic E-state index is 12.4. The fourth-order valence-electron chi connectivity index (χ4n) is 2.71. The zero-order valence-electron chi connectivity index (χ0n) is 16.5. The van der Waals surface area contributed by atoms with Crippen LogP contribution in [-0.2, 0) is 9.53 Å². The van der Waals surface area contributed by atoms with Crippen LogP contribution in [0.1, 0.15) is 44.7 Å². The number of esters is 1. The van der Waals surface area contributed by atoms with E-state index >= 15 is 0 Å². The van der Waals surface area contributed by atoms with E-state index in [0.717, 1.165) is 11.1 Å². The number of ether oxygens (including phenoxy) is 3. The molecule has 2 aromatic rings. The standard InChI is InChI=1S/C22H24O6/c1-14-5-6-15(2)17(11-14)19(23)8-10-22(25)28-13-20(24)18-12-16(26-3)7-9-21(18)27-4/h5-7,9,11-12H,8,10,13H2,1-4H3. The molecule has 0 heterocycles. The van der Waals surface area contributed by atoms with Crippen LogP contribution in [0.2, 0.25) is 0 Å². The lowest BCUT2D eigenvalue weighted by Crippen LogP contribution is -2.16. The third kappa shape index (κ3) is 5.42. The van der Waals surface area contributed by atoms with E-state index in [2.05, 4.69) is 0 Å². The molecular weight excluding hydrogens is 360 g/mol. The molecule has 0 amide bonds. The van der Waals surface area contributed by atoms with Gasteiger partial charge in [0.15, 0.2) is 12.4 Å². The Bertz CT molecular complexity index is 885. The van der Waals surface area contributed by atoms with Crippen LogP contribution in [0.4, 0.5) is 0 Å². The van der Waals surface area contributed by atoms with Gasteiger partial charge in [-0.2, -0.15) is 0 Å². The summed E-state index contributed by atoms with van der Waals surface area (Å²) in [5, 5.41) is 0. The average Bonchev–Trinajstić information content (AvgIpc) is 2.71. The first-order valence-electron chi connectivity index (χ1n) is 8.87. The Morgan fingerprint density at radius 1 is 0.821 bits per heavy atom. The highest BCUT2D eigenvalue weighted by Gasteiger charge is 2.17. The minimum Gasteiger partial charge on any atom is -0.497 e. The van der Waals surface area contributed by atoms with Gasteiger partial charge in [-0.05, 0) is 43.7 Å². The van der Waals surface area contributed by atoms with Crippen molar-refractivity contribution in [2.24, 2.45) is 0 Å². The largest absolute Gasteiger partial charge is 0.497 e. The lowest BCUT2D eigenvalue weighted by atomic mass is 9.99. The maximum Gasteiger partial charge on any atom is 0.306 e. The zero-order valence-corrected chi connectivity index (χ0v) is 16.5. The highest BCUT2D eigenvalue weighted by molar-refractivity contribution is 6.01. The minimum absolute atomic E-state index is 0.0276. The summed E-state index contributed by atoms with van der Waals surface area (Å²) in [5.74, 6) is -0.278. The van der Waals surface area contributed by atoms with Crippen LogP contribution in [0.25, 0.3) is 0 Å². The van der Waals surface area contributed by atoms with Gasteiger partial charge in [0.1, 0.15) is 11.5 Å². The van der Waals surface area contributed by atoms with Crippen molar-refractivity contribution < 1.29 is 28.6 Å². The van der Waals surface area contributed by atoms with Gasteiger partial charge < -0.3 is 14.2 Å². The number of aryl methyl sites for hydroxylation is 2. The summed E-state index contributed by atoms with van der Waals surface area (Å²) in [6.07, 6.45) is -0.0610. The Morgan fingerprint density at radius 3 is 2.25 bits per heavy atom. The van der Waals surface area contributed by atoms with E-state index in [9.17, 15) is 14.4 Å². The Morgan fingerprint density at radius 2 is 1.57 bits per heavy atom. The maximum absolute atomic E-state index is 12.4. The van der Waals surface area contributed by atoms with Crippen molar-refractivity contribution in [3.63, 3.8) is 0 Å². The fourth-order valence-corrected chi connectivity index (χ4v) is 2.71. The minimum atomic E-state index is -0.603. The molecule has 0 atom stereocenters. The SMILES string of the molecule is COc1ccc(OC)c(C(=O)COC(=O)CCC(=O)c2cc(C)ccc2C)c1. The molecule has 6 heteroatoms. The molecule has 2 rings (SSSR count). The summed E-state index contributed by atoms with van der Waals surface area (Å²) < 4.78 is 15.3. The van der Waals surface area contributed by atoms with Crippen LogP contribution in [-0.4, -0.2) is 38.4 Å². The number of hydrogen-bond acceptors (Lipinski definition) is 6. The van der Waals surface area contributed by atoms with Crippen molar-refractivity contribution in [3.8, 4) is 11.5 Å². The molecule has 0 bridgehead atoms. The molecule has 0 aliphatic carbocycles. The van der Waals surface area contributed by atoms with Crippen molar-refractivity contribution in [3.05, 3.63) is 58.7 Å². The van der Waals surface area contributed by atoms with Crippen LogP contribution in [0.5, 0.6) is 11.5 Å². The highest BCUT2D eigenvalue weighted by atomic mass is 16.5. The van der Waals surface area contributed by atoms with E-state index in [0.29, 0.717) is 17.1 Å². The second-order valence-electron chi connectivity index (χ2n) is 6.39. The first-order valence-corrected chi connectivity index (χ1v) is 8.87. The van der Waals surface area contributed by atoms with Gasteiger partial charge in [0, 0.05) is 12.0 Å². The molecule has 0 saturated heterocycles. The van der Waals surface area contributed by atoms with E-state index in [1.807, 2.05) is 32.0 Å². The van der Waals surface area contributed by atoms with E-state index < -0.39 is 18.4 Å².